The fourth-order valence-corrected chi connectivity index (χ4v) is 0.777. The third-order valence-electron chi connectivity index (χ3n) is 1.24. The lowest BCUT2D eigenvalue weighted by Gasteiger charge is -2.10. The maximum atomic E-state index is 13.1. The summed E-state index contributed by atoms with van der Waals surface area (Å²) in [5.74, 6) is -1.81. The predicted molar refractivity (Wildman–Crippen MR) is 72.2 cm³/mol. The van der Waals surface area contributed by atoms with E-state index in [9.17, 15) is 17.6 Å². The predicted octanol–water partition coefficient (Wildman–Crippen LogP) is 6.30. The molecule has 0 aliphatic rings. The van der Waals surface area contributed by atoms with Crippen molar-refractivity contribution in [1.82, 2.24) is 0 Å². The van der Waals surface area contributed by atoms with Crippen LogP contribution in [0.2, 0.25) is 0 Å². The first-order chi connectivity index (χ1) is 8.76. The summed E-state index contributed by atoms with van der Waals surface area (Å²) in [5.41, 5.74) is 0.508. The fourth-order valence-electron chi connectivity index (χ4n) is 0.777. The second kappa shape index (κ2) is 13.2. The van der Waals surface area contributed by atoms with Crippen LogP contribution in [0.5, 0.6) is 0 Å². The van der Waals surface area contributed by atoms with Gasteiger partial charge in [-0.1, -0.05) is 39.3 Å². The Hall–Kier alpha value is -1.26. The average molecular weight is 284 g/mol. The summed E-state index contributed by atoms with van der Waals surface area (Å²) in [7, 11) is 0. The van der Waals surface area contributed by atoms with Crippen molar-refractivity contribution in [2.45, 2.75) is 54.3 Å². The van der Waals surface area contributed by atoms with Gasteiger partial charge < -0.3 is 4.74 Å². The van der Waals surface area contributed by atoms with Gasteiger partial charge in [-0.05, 0) is 19.9 Å². The van der Waals surface area contributed by atoms with Crippen molar-refractivity contribution in [2.24, 2.45) is 0 Å². The van der Waals surface area contributed by atoms with Crippen molar-refractivity contribution < 1.29 is 22.3 Å². The van der Waals surface area contributed by atoms with Crippen LogP contribution in [-0.4, -0.2) is 6.36 Å². The minimum atomic E-state index is -4.89. The summed E-state index contributed by atoms with van der Waals surface area (Å²) in [6.45, 7) is 14.3. The minimum absolute atomic E-state index is 0.296. The zero-order valence-corrected chi connectivity index (χ0v) is 12.5. The summed E-state index contributed by atoms with van der Waals surface area (Å²) in [4.78, 5) is 0. The first-order valence-electron chi connectivity index (χ1n) is 6.16. The smallest absolute Gasteiger partial charge is 0.403 e. The second-order valence-corrected chi connectivity index (χ2v) is 3.03. The molecule has 0 fully saturated rings. The quantitative estimate of drug-likeness (QED) is 0.255. The fraction of sp³-hybridized carbons (Fsp3) is 0.571. The Kier molecular flexibility index (Phi) is 15.9. The molecule has 19 heavy (non-hydrogen) atoms. The monoisotopic (exact) mass is 284 g/mol. The third-order valence-corrected chi connectivity index (χ3v) is 1.24. The summed E-state index contributed by atoms with van der Waals surface area (Å²) >= 11 is 0. The van der Waals surface area contributed by atoms with E-state index in [0.29, 0.717) is 5.57 Å². The summed E-state index contributed by atoms with van der Waals surface area (Å²) in [5, 5.41) is 0. The SMILES string of the molecule is C=CC/C(F)=C(\C=C(C)C)OC(F)(F)F.CC.CC. The highest BCUT2D eigenvalue weighted by Gasteiger charge is 2.32. The molecule has 0 N–H and O–H groups in total. The first-order valence-corrected chi connectivity index (χ1v) is 6.16. The Balaban J connectivity index is -0.000000579. The molecule has 0 amide bonds. The van der Waals surface area contributed by atoms with Gasteiger partial charge in [0.05, 0.1) is 0 Å². The highest BCUT2D eigenvalue weighted by Crippen LogP contribution is 2.25. The van der Waals surface area contributed by atoms with E-state index < -0.39 is 17.9 Å². The number of ether oxygens (including phenoxy) is 1. The number of allylic oxidation sites excluding steroid dienone is 4. The van der Waals surface area contributed by atoms with E-state index in [0.717, 1.165) is 12.2 Å². The number of halogens is 4. The van der Waals surface area contributed by atoms with Crippen molar-refractivity contribution in [3.8, 4) is 0 Å². The van der Waals surface area contributed by atoms with Gasteiger partial charge in [0.25, 0.3) is 0 Å². The van der Waals surface area contributed by atoms with Crippen LogP contribution in [0, 0.1) is 0 Å². The van der Waals surface area contributed by atoms with E-state index in [4.69, 9.17) is 0 Å². The number of alkyl halides is 3. The van der Waals surface area contributed by atoms with Gasteiger partial charge in [-0.25, -0.2) is 4.39 Å². The molecule has 0 saturated heterocycles. The highest BCUT2D eigenvalue weighted by atomic mass is 19.4. The molecule has 114 valence electrons. The van der Waals surface area contributed by atoms with Gasteiger partial charge in [0.15, 0.2) is 5.76 Å². The second-order valence-electron chi connectivity index (χ2n) is 3.03. The molecule has 1 nitrogen and oxygen atoms in total. The van der Waals surface area contributed by atoms with Crippen LogP contribution < -0.4 is 0 Å². The molecule has 0 aromatic carbocycles. The van der Waals surface area contributed by atoms with E-state index in [1.807, 2.05) is 27.7 Å². The first kappa shape index (κ1) is 22.9. The van der Waals surface area contributed by atoms with Gasteiger partial charge in [0, 0.05) is 6.42 Å². The van der Waals surface area contributed by atoms with Crippen molar-refractivity contribution in [3.63, 3.8) is 0 Å². The maximum Gasteiger partial charge on any atom is 0.573 e. The number of rotatable bonds is 4. The molecule has 0 aliphatic heterocycles. The van der Waals surface area contributed by atoms with E-state index in [1.54, 1.807) is 13.8 Å². The normalized spacial score (nSPS) is 10.8. The molecule has 0 unspecified atom stereocenters. The topological polar surface area (TPSA) is 9.23 Å². The zero-order valence-electron chi connectivity index (χ0n) is 12.5. The van der Waals surface area contributed by atoms with Crippen LogP contribution in [0.4, 0.5) is 17.6 Å². The lowest BCUT2D eigenvalue weighted by Crippen LogP contribution is -2.13. The maximum absolute atomic E-state index is 13.1. The Labute approximate surface area is 113 Å². The average Bonchev–Trinajstić information content (AvgIpc) is 2.31. The minimum Gasteiger partial charge on any atom is -0.403 e. The Morgan fingerprint density at radius 1 is 1.11 bits per heavy atom. The summed E-state index contributed by atoms with van der Waals surface area (Å²) in [6.07, 6.45) is -3.03. The van der Waals surface area contributed by atoms with E-state index in [2.05, 4.69) is 11.3 Å². The molecule has 0 aliphatic carbocycles. The molecular formula is C14H24F4O. The van der Waals surface area contributed by atoms with Gasteiger partial charge in [-0.3, -0.25) is 0 Å². The third kappa shape index (κ3) is 16.7. The van der Waals surface area contributed by atoms with Gasteiger partial charge in [0.1, 0.15) is 5.83 Å². The van der Waals surface area contributed by atoms with Crippen molar-refractivity contribution in [3.05, 3.63) is 35.9 Å². The molecular weight excluding hydrogens is 260 g/mol. The van der Waals surface area contributed by atoms with E-state index >= 15 is 0 Å². The molecule has 0 heterocycles. The lowest BCUT2D eigenvalue weighted by molar-refractivity contribution is -0.304. The standard InChI is InChI=1S/C10H12F4O.2C2H6/c1-4-5-8(11)9(6-7(2)3)15-10(12,13)14;2*1-2/h4,6H,1,5H2,2-3H3;2*1-2H3/b9-8-;;. The van der Waals surface area contributed by atoms with Crippen LogP contribution >= 0.6 is 0 Å². The molecule has 0 saturated carbocycles. The molecule has 0 bridgehead atoms. The van der Waals surface area contributed by atoms with Crippen molar-refractivity contribution in [2.75, 3.05) is 0 Å². The number of hydrogen-bond donors (Lipinski definition) is 0. The lowest BCUT2D eigenvalue weighted by atomic mass is 10.2. The van der Waals surface area contributed by atoms with Crippen molar-refractivity contribution in [1.29, 1.82) is 0 Å². The Bertz CT molecular complexity index is 284. The molecule has 0 aromatic rings. The zero-order chi connectivity index (χ0) is 16.1. The van der Waals surface area contributed by atoms with Gasteiger partial charge in [-0.2, -0.15) is 0 Å². The molecule has 0 aromatic heterocycles. The Morgan fingerprint density at radius 2 is 1.53 bits per heavy atom. The van der Waals surface area contributed by atoms with Crippen LogP contribution in [0.25, 0.3) is 0 Å². The Morgan fingerprint density at radius 3 is 1.79 bits per heavy atom. The van der Waals surface area contributed by atoms with E-state index in [1.165, 1.54) is 0 Å². The van der Waals surface area contributed by atoms with Gasteiger partial charge >= 0.3 is 6.36 Å². The number of hydrogen-bond acceptors (Lipinski definition) is 1. The molecule has 0 spiro atoms. The molecule has 0 atom stereocenters. The van der Waals surface area contributed by atoms with Gasteiger partial charge in [-0.15, -0.1) is 19.8 Å². The molecule has 5 heteroatoms. The largest absolute Gasteiger partial charge is 0.573 e. The highest BCUT2D eigenvalue weighted by molar-refractivity contribution is 5.20. The van der Waals surface area contributed by atoms with Crippen molar-refractivity contribution >= 4 is 0 Å². The van der Waals surface area contributed by atoms with Gasteiger partial charge in [0.2, 0.25) is 0 Å². The molecule has 0 rings (SSSR count). The van der Waals surface area contributed by atoms with Crippen LogP contribution in [-0.2, 0) is 4.74 Å². The molecule has 0 radical (unpaired) electrons. The van der Waals surface area contributed by atoms with Crippen LogP contribution in [0.15, 0.2) is 35.9 Å². The van der Waals surface area contributed by atoms with Crippen LogP contribution in [0.1, 0.15) is 48.0 Å². The summed E-state index contributed by atoms with van der Waals surface area (Å²) < 4.78 is 52.3. The van der Waals surface area contributed by atoms with E-state index in [-0.39, 0.29) is 6.42 Å². The summed E-state index contributed by atoms with van der Waals surface area (Å²) in [6, 6.07) is 0. The van der Waals surface area contributed by atoms with Crippen LogP contribution in [0.3, 0.4) is 0 Å².